The maximum Gasteiger partial charge on any atom is 0.251 e. The smallest absolute Gasteiger partial charge is 0.251 e. The third-order valence-corrected chi connectivity index (χ3v) is 5.57. The van der Waals surface area contributed by atoms with Gasteiger partial charge in [-0.1, -0.05) is 6.07 Å². The molecule has 27 heavy (non-hydrogen) atoms. The van der Waals surface area contributed by atoms with Gasteiger partial charge in [0.05, 0.1) is 10.9 Å². The number of carbonyl (C=O) groups excluding carboxylic acids is 1. The normalized spacial score (nSPS) is 13.0. The minimum Gasteiger partial charge on any atom is -0.342 e. The van der Waals surface area contributed by atoms with Crippen molar-refractivity contribution in [2.75, 3.05) is 0 Å². The van der Waals surface area contributed by atoms with E-state index in [1.807, 2.05) is 31.3 Å². The number of hydrogen-bond donors (Lipinski definition) is 2. The first-order chi connectivity index (χ1) is 12.8. The van der Waals surface area contributed by atoms with E-state index in [4.69, 9.17) is 0 Å². The lowest BCUT2D eigenvalue weighted by Crippen LogP contribution is -2.30. The second-order valence-corrected chi connectivity index (χ2v) is 8.20. The molecule has 1 amide bonds. The van der Waals surface area contributed by atoms with Crippen LogP contribution in [0.15, 0.2) is 53.6 Å². The molecule has 2 N–H and O–H groups in total. The van der Waals surface area contributed by atoms with Gasteiger partial charge in [0.2, 0.25) is 10.0 Å². The van der Waals surface area contributed by atoms with Gasteiger partial charge in [0.15, 0.2) is 11.5 Å². The zero-order valence-corrected chi connectivity index (χ0v) is 16.1. The van der Waals surface area contributed by atoms with Crippen LogP contribution < -0.4 is 10.0 Å². The molecule has 1 aromatic carbocycles. The highest BCUT2D eigenvalue weighted by Gasteiger charge is 2.19. The van der Waals surface area contributed by atoms with Gasteiger partial charge in [-0.3, -0.25) is 9.20 Å². The van der Waals surface area contributed by atoms with Gasteiger partial charge in [0.25, 0.3) is 5.91 Å². The summed E-state index contributed by atoms with van der Waals surface area (Å²) in [7, 11) is -3.59. The second-order valence-electron chi connectivity index (χ2n) is 6.48. The molecular weight excluding hydrogens is 366 g/mol. The molecule has 0 aliphatic heterocycles. The lowest BCUT2D eigenvalue weighted by molar-refractivity contribution is 0.0938. The molecule has 3 rings (SSSR count). The standard InChI is InChI=1S/C18H21N5O3S/c1-12(2)22-27(25,26)15-9-7-14(8-10-15)18(24)19-13(3)17-21-20-16-6-4-5-11-23(16)17/h4-13,22H,1-3H3,(H,19,24). The van der Waals surface area contributed by atoms with E-state index in [1.165, 1.54) is 24.3 Å². The Morgan fingerprint density at radius 3 is 2.41 bits per heavy atom. The van der Waals surface area contributed by atoms with Crippen molar-refractivity contribution >= 4 is 21.6 Å². The second kappa shape index (κ2) is 7.45. The minimum atomic E-state index is -3.59. The topological polar surface area (TPSA) is 105 Å². The van der Waals surface area contributed by atoms with Crippen LogP contribution in [0.4, 0.5) is 0 Å². The van der Waals surface area contributed by atoms with Crippen molar-refractivity contribution in [1.29, 1.82) is 0 Å². The quantitative estimate of drug-likeness (QED) is 0.672. The minimum absolute atomic E-state index is 0.115. The Morgan fingerprint density at radius 1 is 1.04 bits per heavy atom. The van der Waals surface area contributed by atoms with Gasteiger partial charge >= 0.3 is 0 Å². The Morgan fingerprint density at radius 2 is 1.74 bits per heavy atom. The molecule has 8 nitrogen and oxygen atoms in total. The molecule has 0 bridgehead atoms. The van der Waals surface area contributed by atoms with Crippen LogP contribution in [0.5, 0.6) is 0 Å². The zero-order chi connectivity index (χ0) is 19.6. The molecule has 2 aromatic heterocycles. The Bertz CT molecular complexity index is 1060. The first-order valence-corrected chi connectivity index (χ1v) is 9.99. The molecule has 1 unspecified atom stereocenters. The van der Waals surface area contributed by atoms with Crippen LogP contribution in [0.1, 0.15) is 43.0 Å². The van der Waals surface area contributed by atoms with Gasteiger partial charge < -0.3 is 5.32 Å². The van der Waals surface area contributed by atoms with E-state index < -0.39 is 10.0 Å². The van der Waals surface area contributed by atoms with Crippen LogP contribution in [0.2, 0.25) is 0 Å². The number of aromatic nitrogens is 3. The van der Waals surface area contributed by atoms with Crippen LogP contribution >= 0.6 is 0 Å². The maximum atomic E-state index is 12.5. The highest BCUT2D eigenvalue weighted by molar-refractivity contribution is 7.89. The molecule has 0 radical (unpaired) electrons. The summed E-state index contributed by atoms with van der Waals surface area (Å²) in [5.74, 6) is 0.287. The number of carbonyl (C=O) groups is 1. The molecule has 0 saturated carbocycles. The van der Waals surface area contributed by atoms with E-state index in [-0.39, 0.29) is 22.9 Å². The first-order valence-electron chi connectivity index (χ1n) is 8.51. The number of sulfonamides is 1. The Balaban J connectivity index is 1.74. The number of nitrogens with zero attached hydrogens (tertiary/aromatic N) is 3. The van der Waals surface area contributed by atoms with Crippen molar-refractivity contribution in [3.63, 3.8) is 0 Å². The summed E-state index contributed by atoms with van der Waals surface area (Å²) in [6.07, 6.45) is 1.83. The van der Waals surface area contributed by atoms with Gasteiger partial charge in [-0.25, -0.2) is 13.1 Å². The number of hydrogen-bond acceptors (Lipinski definition) is 5. The first kappa shape index (κ1) is 19.0. The monoisotopic (exact) mass is 387 g/mol. The molecule has 0 aliphatic rings. The molecule has 0 spiro atoms. The zero-order valence-electron chi connectivity index (χ0n) is 15.2. The summed E-state index contributed by atoms with van der Waals surface area (Å²) in [4.78, 5) is 12.6. The Kier molecular flexibility index (Phi) is 5.24. The lowest BCUT2D eigenvalue weighted by Gasteiger charge is -2.13. The molecule has 142 valence electrons. The summed E-state index contributed by atoms with van der Waals surface area (Å²) in [5, 5.41) is 11.1. The maximum absolute atomic E-state index is 12.5. The predicted octanol–water partition coefficient (Wildman–Crippen LogP) is 1.91. The number of benzene rings is 1. The fourth-order valence-corrected chi connectivity index (χ4v) is 3.91. The fourth-order valence-electron chi connectivity index (χ4n) is 2.66. The van der Waals surface area contributed by atoms with Crippen LogP contribution in [0, 0.1) is 0 Å². The van der Waals surface area contributed by atoms with Gasteiger partial charge in [0.1, 0.15) is 0 Å². The van der Waals surface area contributed by atoms with Crippen molar-refractivity contribution in [2.45, 2.75) is 37.8 Å². The van der Waals surface area contributed by atoms with Crippen molar-refractivity contribution < 1.29 is 13.2 Å². The summed E-state index contributed by atoms with van der Waals surface area (Å²) < 4.78 is 28.6. The van der Waals surface area contributed by atoms with E-state index in [1.54, 1.807) is 18.2 Å². The lowest BCUT2D eigenvalue weighted by atomic mass is 10.2. The van der Waals surface area contributed by atoms with Crippen molar-refractivity contribution in [3.8, 4) is 0 Å². The number of pyridine rings is 1. The molecule has 1 atom stereocenters. The van der Waals surface area contributed by atoms with Crippen LogP contribution in [0.3, 0.4) is 0 Å². The highest BCUT2D eigenvalue weighted by atomic mass is 32.2. The SMILES string of the molecule is CC(C)NS(=O)(=O)c1ccc(C(=O)NC(C)c2nnc3ccccn23)cc1. The number of fused-ring (bicyclic) bond motifs is 1. The van der Waals surface area contributed by atoms with Crippen LogP contribution in [0.25, 0.3) is 5.65 Å². The van der Waals surface area contributed by atoms with Gasteiger partial charge in [-0.05, 0) is 57.2 Å². The van der Waals surface area contributed by atoms with E-state index in [0.717, 1.165) is 0 Å². The van der Waals surface area contributed by atoms with Gasteiger partial charge in [0, 0.05) is 17.8 Å². The summed E-state index contributed by atoms with van der Waals surface area (Å²) in [5.41, 5.74) is 1.06. The van der Waals surface area contributed by atoms with E-state index in [0.29, 0.717) is 17.0 Å². The molecule has 2 heterocycles. The average Bonchev–Trinajstić information content (AvgIpc) is 3.05. The molecule has 9 heteroatoms. The third-order valence-electron chi connectivity index (χ3n) is 3.89. The predicted molar refractivity (Wildman–Crippen MR) is 101 cm³/mol. The number of rotatable bonds is 6. The molecule has 0 aliphatic carbocycles. The Hall–Kier alpha value is -2.78. The molecule has 0 saturated heterocycles. The van der Waals surface area contributed by atoms with Gasteiger partial charge in [-0.2, -0.15) is 0 Å². The third kappa shape index (κ3) is 4.15. The van der Waals surface area contributed by atoms with Crippen LogP contribution in [-0.4, -0.2) is 35.0 Å². The van der Waals surface area contributed by atoms with Crippen molar-refractivity contribution in [2.24, 2.45) is 0 Å². The average molecular weight is 387 g/mol. The fraction of sp³-hybridized carbons (Fsp3) is 0.278. The van der Waals surface area contributed by atoms with Crippen molar-refractivity contribution in [1.82, 2.24) is 24.6 Å². The largest absolute Gasteiger partial charge is 0.342 e. The molecule has 3 aromatic rings. The van der Waals surface area contributed by atoms with Crippen molar-refractivity contribution in [3.05, 3.63) is 60.0 Å². The number of nitrogens with one attached hydrogen (secondary N) is 2. The summed E-state index contributed by atoms with van der Waals surface area (Å²) in [6.45, 7) is 5.30. The van der Waals surface area contributed by atoms with Crippen LogP contribution in [-0.2, 0) is 10.0 Å². The highest BCUT2D eigenvalue weighted by Crippen LogP contribution is 2.15. The van der Waals surface area contributed by atoms with E-state index in [9.17, 15) is 13.2 Å². The van der Waals surface area contributed by atoms with E-state index >= 15 is 0 Å². The Labute approximate surface area is 157 Å². The van der Waals surface area contributed by atoms with E-state index in [2.05, 4.69) is 20.2 Å². The summed E-state index contributed by atoms with van der Waals surface area (Å²) in [6, 6.07) is 10.8. The summed E-state index contributed by atoms with van der Waals surface area (Å²) >= 11 is 0. The molecular formula is C18H21N5O3S. The number of amides is 1. The van der Waals surface area contributed by atoms with Gasteiger partial charge in [-0.15, -0.1) is 10.2 Å². The molecule has 0 fully saturated rings.